The fraction of sp³-hybridized carbons (Fsp3) is 0.483. The molecule has 0 radical (unpaired) electrons. The van der Waals surface area contributed by atoms with Crippen molar-refractivity contribution in [1.82, 2.24) is 14.8 Å². The topological polar surface area (TPSA) is 19.4 Å². The van der Waals surface area contributed by atoms with Crippen molar-refractivity contribution in [2.45, 2.75) is 65.0 Å². The molecule has 0 spiro atoms. The van der Waals surface area contributed by atoms with Gasteiger partial charge < -0.3 is 4.90 Å². The Balaban J connectivity index is 0.00000119. The van der Waals surface area contributed by atoms with Gasteiger partial charge in [-0.3, -0.25) is 4.90 Å². The third-order valence-corrected chi connectivity index (χ3v) is 7.22. The third-order valence-electron chi connectivity index (χ3n) is 7.22. The molecule has 3 nitrogen and oxygen atoms in total. The second-order valence-electron chi connectivity index (χ2n) is 9.02. The summed E-state index contributed by atoms with van der Waals surface area (Å²) < 4.78 is 0. The van der Waals surface area contributed by atoms with Crippen molar-refractivity contribution in [3.63, 3.8) is 0 Å². The molecule has 5 rings (SSSR count). The Morgan fingerprint density at radius 3 is 2.19 bits per heavy atom. The summed E-state index contributed by atoms with van der Waals surface area (Å²) in [5.74, 6) is 0. The van der Waals surface area contributed by atoms with Crippen molar-refractivity contribution >= 4 is 10.9 Å². The molecule has 3 heterocycles. The van der Waals surface area contributed by atoms with E-state index in [1.54, 1.807) is 0 Å². The van der Waals surface area contributed by atoms with Crippen LogP contribution in [0.2, 0.25) is 0 Å². The molecule has 2 aliphatic heterocycles. The largest absolute Gasteiger partial charge is 0.300 e. The molecular weight excluding hydrogens is 390 g/mol. The van der Waals surface area contributed by atoms with Crippen LogP contribution in [0.1, 0.15) is 64.5 Å². The molecule has 1 unspecified atom stereocenters. The fourth-order valence-corrected chi connectivity index (χ4v) is 5.42. The van der Waals surface area contributed by atoms with Crippen LogP contribution in [0.15, 0.2) is 60.7 Å². The Kier molecular flexibility index (Phi) is 7.94. The summed E-state index contributed by atoms with van der Waals surface area (Å²) in [6.45, 7) is 11.4. The number of fused-ring (bicyclic) bond motifs is 1. The maximum Gasteiger partial charge on any atom is 0.0713 e. The molecule has 0 bridgehead atoms. The number of piperidine rings is 2. The minimum atomic E-state index is 0.405. The van der Waals surface area contributed by atoms with Gasteiger partial charge in [-0.15, -0.1) is 0 Å². The van der Waals surface area contributed by atoms with Gasteiger partial charge in [0.25, 0.3) is 0 Å². The zero-order chi connectivity index (χ0) is 22.3. The number of hydrogen-bond acceptors (Lipinski definition) is 3. The number of pyridine rings is 1. The van der Waals surface area contributed by atoms with E-state index < -0.39 is 0 Å². The average Bonchev–Trinajstić information content (AvgIpc) is 2.90. The Morgan fingerprint density at radius 1 is 0.812 bits per heavy atom. The fourth-order valence-electron chi connectivity index (χ4n) is 5.42. The molecule has 0 amide bonds. The predicted molar refractivity (Wildman–Crippen MR) is 137 cm³/mol. The van der Waals surface area contributed by atoms with Crippen LogP contribution >= 0.6 is 0 Å². The number of likely N-dealkylation sites (tertiary alicyclic amines) is 2. The van der Waals surface area contributed by atoms with Crippen LogP contribution < -0.4 is 0 Å². The molecule has 0 aliphatic carbocycles. The van der Waals surface area contributed by atoms with Gasteiger partial charge in [0.05, 0.1) is 11.2 Å². The van der Waals surface area contributed by atoms with Gasteiger partial charge in [-0.1, -0.05) is 68.8 Å². The van der Waals surface area contributed by atoms with Gasteiger partial charge in [-0.2, -0.15) is 0 Å². The molecule has 2 aliphatic rings. The van der Waals surface area contributed by atoms with Crippen LogP contribution in [-0.4, -0.2) is 47.0 Å². The molecule has 0 saturated carbocycles. The normalized spacial score (nSPS) is 19.3. The molecule has 0 N–H and O–H groups in total. The summed E-state index contributed by atoms with van der Waals surface area (Å²) in [5.41, 5.74) is 4.79. The van der Waals surface area contributed by atoms with E-state index in [0.717, 1.165) is 17.3 Å². The highest BCUT2D eigenvalue weighted by molar-refractivity contribution is 5.85. The van der Waals surface area contributed by atoms with Crippen LogP contribution in [0.25, 0.3) is 22.2 Å². The molecule has 3 heteroatoms. The van der Waals surface area contributed by atoms with Crippen molar-refractivity contribution in [3.05, 3.63) is 66.2 Å². The number of benzene rings is 2. The number of aromatic nitrogens is 1. The van der Waals surface area contributed by atoms with Gasteiger partial charge in [-0.05, 0) is 63.4 Å². The van der Waals surface area contributed by atoms with Crippen molar-refractivity contribution in [2.75, 3.05) is 26.2 Å². The van der Waals surface area contributed by atoms with E-state index in [1.165, 1.54) is 74.8 Å². The number of rotatable bonds is 4. The molecule has 1 aromatic heterocycles. The molecule has 2 saturated heterocycles. The van der Waals surface area contributed by atoms with Crippen LogP contribution in [0.4, 0.5) is 0 Å². The van der Waals surface area contributed by atoms with Crippen LogP contribution in [0.5, 0.6) is 0 Å². The number of para-hydroxylation sites is 1. The Labute approximate surface area is 194 Å². The lowest BCUT2D eigenvalue weighted by Gasteiger charge is -2.42. The van der Waals surface area contributed by atoms with Gasteiger partial charge in [0, 0.05) is 36.1 Å². The lowest BCUT2D eigenvalue weighted by Crippen LogP contribution is -2.47. The number of hydrogen-bond donors (Lipinski definition) is 0. The smallest absolute Gasteiger partial charge is 0.0713 e. The van der Waals surface area contributed by atoms with E-state index in [0.29, 0.717) is 6.04 Å². The summed E-state index contributed by atoms with van der Waals surface area (Å²) in [6, 6.07) is 22.8. The molecule has 32 heavy (non-hydrogen) atoms. The van der Waals surface area contributed by atoms with Crippen LogP contribution in [0, 0.1) is 0 Å². The SMILES string of the molecule is CC.CC(c1cc(-c2ccccc2)nc2ccccc12)N1CCC(N2CCCCC2)CC1. The van der Waals surface area contributed by atoms with E-state index in [-0.39, 0.29) is 0 Å². The van der Waals surface area contributed by atoms with Crippen molar-refractivity contribution in [2.24, 2.45) is 0 Å². The maximum atomic E-state index is 4.98. The van der Waals surface area contributed by atoms with E-state index in [4.69, 9.17) is 4.98 Å². The van der Waals surface area contributed by atoms with Crippen molar-refractivity contribution in [1.29, 1.82) is 0 Å². The second-order valence-corrected chi connectivity index (χ2v) is 9.02. The molecule has 1 atom stereocenters. The Morgan fingerprint density at radius 2 is 1.47 bits per heavy atom. The zero-order valence-corrected chi connectivity index (χ0v) is 20.1. The van der Waals surface area contributed by atoms with E-state index in [9.17, 15) is 0 Å². The minimum absolute atomic E-state index is 0.405. The van der Waals surface area contributed by atoms with Gasteiger partial charge in [0.1, 0.15) is 0 Å². The highest BCUT2D eigenvalue weighted by Crippen LogP contribution is 2.33. The monoisotopic (exact) mass is 429 g/mol. The van der Waals surface area contributed by atoms with Crippen LogP contribution in [-0.2, 0) is 0 Å². The first kappa shape index (κ1) is 22.9. The average molecular weight is 430 g/mol. The predicted octanol–water partition coefficient (Wildman–Crippen LogP) is 6.94. The molecule has 3 aromatic rings. The van der Waals surface area contributed by atoms with E-state index in [2.05, 4.69) is 77.4 Å². The lowest BCUT2D eigenvalue weighted by atomic mass is 9.95. The summed E-state index contributed by atoms with van der Waals surface area (Å²) in [5, 5.41) is 1.29. The van der Waals surface area contributed by atoms with Gasteiger partial charge in [0.2, 0.25) is 0 Å². The maximum absolute atomic E-state index is 4.98. The van der Waals surface area contributed by atoms with E-state index in [1.807, 2.05) is 13.8 Å². The molecule has 2 aromatic carbocycles. The first-order valence-corrected chi connectivity index (χ1v) is 12.7. The molecular formula is C29H39N3. The molecule has 2 fully saturated rings. The minimum Gasteiger partial charge on any atom is -0.300 e. The zero-order valence-electron chi connectivity index (χ0n) is 20.1. The summed E-state index contributed by atoms with van der Waals surface area (Å²) in [4.78, 5) is 10.4. The quantitative estimate of drug-likeness (QED) is 0.448. The third kappa shape index (κ3) is 5.05. The number of nitrogens with zero attached hydrogens (tertiary/aromatic N) is 3. The Bertz CT molecular complexity index is 970. The standard InChI is InChI=1S/C27H33N3.C2H6/c1-21(29-18-14-23(15-19-29)30-16-8-3-9-17-30)25-20-27(22-10-4-2-5-11-22)28-26-13-7-6-12-24(25)26;1-2/h2,4-7,10-13,20-21,23H,3,8-9,14-19H2,1H3;1-2H3. The first-order chi connectivity index (χ1) is 15.8. The Hall–Kier alpha value is -2.23. The second kappa shape index (κ2) is 11.1. The van der Waals surface area contributed by atoms with E-state index >= 15 is 0 Å². The summed E-state index contributed by atoms with van der Waals surface area (Å²) >= 11 is 0. The molecule has 170 valence electrons. The summed E-state index contributed by atoms with van der Waals surface area (Å²) in [6.07, 6.45) is 6.81. The van der Waals surface area contributed by atoms with Gasteiger partial charge >= 0.3 is 0 Å². The highest BCUT2D eigenvalue weighted by Gasteiger charge is 2.28. The highest BCUT2D eigenvalue weighted by atomic mass is 15.2. The summed E-state index contributed by atoms with van der Waals surface area (Å²) in [7, 11) is 0. The van der Waals surface area contributed by atoms with Crippen molar-refractivity contribution in [3.8, 4) is 11.3 Å². The van der Waals surface area contributed by atoms with Gasteiger partial charge in [0.15, 0.2) is 0 Å². The van der Waals surface area contributed by atoms with Gasteiger partial charge in [-0.25, -0.2) is 4.98 Å². The van der Waals surface area contributed by atoms with Crippen molar-refractivity contribution < 1.29 is 0 Å². The van der Waals surface area contributed by atoms with Crippen LogP contribution in [0.3, 0.4) is 0 Å². The first-order valence-electron chi connectivity index (χ1n) is 12.7. The lowest BCUT2D eigenvalue weighted by molar-refractivity contribution is 0.0761.